The summed E-state index contributed by atoms with van der Waals surface area (Å²) in [5, 5.41) is 8.16. The number of hydrogen-bond donors (Lipinski definition) is 2. The summed E-state index contributed by atoms with van der Waals surface area (Å²) in [6, 6.07) is -0.396. The third-order valence-corrected chi connectivity index (χ3v) is 0.817. The van der Waals surface area contributed by atoms with Crippen LogP contribution in [0.2, 0.25) is 0 Å². The highest BCUT2D eigenvalue weighted by molar-refractivity contribution is 5.85. The van der Waals surface area contributed by atoms with Crippen LogP contribution in [0.5, 0.6) is 0 Å². The second-order valence-electron chi connectivity index (χ2n) is 1.77. The molecule has 0 aromatic carbocycles. The molecule has 0 saturated carbocycles. The minimum Gasteiger partial charge on any atom is -0.481 e. The van der Waals surface area contributed by atoms with Crippen molar-refractivity contribution in [3.8, 4) is 12.3 Å². The fourth-order valence-corrected chi connectivity index (χ4v) is 0.448. The SMILES string of the molecule is C#CCC(N)CC(=O)O.Cl. The van der Waals surface area contributed by atoms with E-state index in [2.05, 4.69) is 5.92 Å². The molecule has 3 N–H and O–H groups in total. The van der Waals surface area contributed by atoms with E-state index in [9.17, 15) is 4.79 Å². The second kappa shape index (κ2) is 6.40. The van der Waals surface area contributed by atoms with Gasteiger partial charge in [0, 0.05) is 12.5 Å². The lowest BCUT2D eigenvalue weighted by molar-refractivity contribution is -0.137. The third kappa shape index (κ3) is 7.28. The molecule has 0 amide bonds. The summed E-state index contributed by atoms with van der Waals surface area (Å²) >= 11 is 0. The molecule has 1 atom stereocenters. The molecule has 0 rings (SSSR count). The van der Waals surface area contributed by atoms with Crippen molar-refractivity contribution in [1.82, 2.24) is 0 Å². The van der Waals surface area contributed by atoms with Crippen molar-refractivity contribution in [3.05, 3.63) is 0 Å². The molecule has 0 fully saturated rings. The molecule has 0 aliphatic carbocycles. The molecule has 10 heavy (non-hydrogen) atoms. The highest BCUT2D eigenvalue weighted by Gasteiger charge is 2.04. The van der Waals surface area contributed by atoms with Gasteiger partial charge in [-0.1, -0.05) is 0 Å². The number of halogens is 1. The first-order valence-electron chi connectivity index (χ1n) is 2.57. The van der Waals surface area contributed by atoms with Gasteiger partial charge in [0.25, 0.3) is 0 Å². The fourth-order valence-electron chi connectivity index (χ4n) is 0.448. The van der Waals surface area contributed by atoms with Gasteiger partial charge in [0.05, 0.1) is 6.42 Å². The van der Waals surface area contributed by atoms with Crippen molar-refractivity contribution in [2.75, 3.05) is 0 Å². The van der Waals surface area contributed by atoms with Crippen LogP contribution in [0, 0.1) is 12.3 Å². The van der Waals surface area contributed by atoms with Gasteiger partial charge in [-0.15, -0.1) is 24.8 Å². The van der Waals surface area contributed by atoms with Crippen LogP contribution in [-0.2, 0) is 4.79 Å². The monoisotopic (exact) mass is 163 g/mol. The van der Waals surface area contributed by atoms with E-state index in [0.717, 1.165) is 0 Å². The highest BCUT2D eigenvalue weighted by Crippen LogP contribution is 1.91. The molecule has 0 aliphatic rings. The molecule has 4 heteroatoms. The van der Waals surface area contributed by atoms with Crippen molar-refractivity contribution in [3.63, 3.8) is 0 Å². The van der Waals surface area contributed by atoms with Gasteiger partial charge >= 0.3 is 5.97 Å². The van der Waals surface area contributed by atoms with Crippen LogP contribution >= 0.6 is 12.4 Å². The number of nitrogens with two attached hydrogens (primary N) is 1. The lowest BCUT2D eigenvalue weighted by Crippen LogP contribution is -2.22. The lowest BCUT2D eigenvalue weighted by atomic mass is 10.2. The van der Waals surface area contributed by atoms with Crippen LogP contribution in [0.15, 0.2) is 0 Å². The normalized spacial score (nSPS) is 10.8. The topological polar surface area (TPSA) is 63.3 Å². The largest absolute Gasteiger partial charge is 0.481 e. The summed E-state index contributed by atoms with van der Waals surface area (Å²) < 4.78 is 0. The van der Waals surface area contributed by atoms with E-state index in [1.165, 1.54) is 0 Å². The molecular formula is C6H10ClNO2. The minimum absolute atomic E-state index is 0. The molecule has 0 spiro atoms. The summed E-state index contributed by atoms with van der Waals surface area (Å²) in [6.07, 6.45) is 5.16. The van der Waals surface area contributed by atoms with Crippen molar-refractivity contribution in [2.24, 2.45) is 5.73 Å². The fraction of sp³-hybridized carbons (Fsp3) is 0.500. The molecule has 58 valence electrons. The Labute approximate surface area is 66.0 Å². The van der Waals surface area contributed by atoms with Gasteiger partial charge in [0.1, 0.15) is 0 Å². The number of aliphatic carboxylic acids is 1. The molecule has 0 aromatic heterocycles. The summed E-state index contributed by atoms with van der Waals surface area (Å²) in [7, 11) is 0. The van der Waals surface area contributed by atoms with E-state index in [0.29, 0.717) is 6.42 Å². The van der Waals surface area contributed by atoms with E-state index in [1.54, 1.807) is 0 Å². The Kier molecular flexibility index (Phi) is 7.68. The second-order valence-corrected chi connectivity index (χ2v) is 1.77. The molecule has 0 aromatic rings. The predicted octanol–water partition coefficient (Wildman–Crippen LogP) is 0.234. The van der Waals surface area contributed by atoms with Gasteiger partial charge in [-0.2, -0.15) is 0 Å². The Morgan fingerprint density at radius 2 is 2.30 bits per heavy atom. The van der Waals surface area contributed by atoms with Crippen LogP contribution in [-0.4, -0.2) is 17.1 Å². The average Bonchev–Trinajstić information content (AvgIpc) is 1.63. The molecule has 0 saturated heterocycles. The summed E-state index contributed by atoms with van der Waals surface area (Å²) in [4.78, 5) is 9.94. The van der Waals surface area contributed by atoms with Crippen LogP contribution < -0.4 is 5.73 Å². The zero-order chi connectivity index (χ0) is 7.28. The number of carboxylic acid groups (broad SMARTS) is 1. The van der Waals surface area contributed by atoms with Gasteiger partial charge in [0.15, 0.2) is 0 Å². The quantitative estimate of drug-likeness (QED) is 0.586. The summed E-state index contributed by atoms with van der Waals surface area (Å²) in [5.41, 5.74) is 5.26. The molecule has 3 nitrogen and oxygen atoms in total. The summed E-state index contributed by atoms with van der Waals surface area (Å²) in [5.74, 6) is 1.38. The number of carboxylic acids is 1. The van der Waals surface area contributed by atoms with Crippen molar-refractivity contribution in [1.29, 1.82) is 0 Å². The number of terminal acetylenes is 1. The van der Waals surface area contributed by atoms with Gasteiger partial charge in [-0.05, 0) is 0 Å². The van der Waals surface area contributed by atoms with Gasteiger partial charge in [0.2, 0.25) is 0 Å². The number of carbonyl (C=O) groups is 1. The molecule has 0 radical (unpaired) electrons. The Bertz CT molecular complexity index is 141. The first kappa shape index (κ1) is 12.0. The summed E-state index contributed by atoms with van der Waals surface area (Å²) in [6.45, 7) is 0. The van der Waals surface area contributed by atoms with Gasteiger partial charge in [-0.3, -0.25) is 4.79 Å². The predicted molar refractivity (Wildman–Crippen MR) is 40.9 cm³/mol. The van der Waals surface area contributed by atoms with E-state index in [1.807, 2.05) is 0 Å². The molecule has 0 bridgehead atoms. The number of rotatable bonds is 3. The van der Waals surface area contributed by atoms with Crippen LogP contribution in [0.25, 0.3) is 0 Å². The van der Waals surface area contributed by atoms with E-state index in [-0.39, 0.29) is 18.8 Å². The van der Waals surface area contributed by atoms with Gasteiger partial charge < -0.3 is 10.8 Å². The maximum absolute atomic E-state index is 9.94. The molecule has 0 heterocycles. The zero-order valence-corrected chi connectivity index (χ0v) is 6.23. The first-order chi connectivity index (χ1) is 4.16. The van der Waals surface area contributed by atoms with Crippen molar-refractivity contribution in [2.45, 2.75) is 18.9 Å². The van der Waals surface area contributed by atoms with Crippen molar-refractivity contribution < 1.29 is 9.90 Å². The average molecular weight is 164 g/mol. The Hall–Kier alpha value is -0.720. The molecule has 1 unspecified atom stereocenters. The van der Waals surface area contributed by atoms with Crippen LogP contribution in [0.1, 0.15) is 12.8 Å². The maximum Gasteiger partial charge on any atom is 0.304 e. The Morgan fingerprint density at radius 3 is 2.60 bits per heavy atom. The standard InChI is InChI=1S/C6H9NO2.ClH/c1-2-3-5(7)4-6(8)9;/h1,5H,3-4,7H2,(H,8,9);1H. The smallest absolute Gasteiger partial charge is 0.304 e. The molecular weight excluding hydrogens is 154 g/mol. The third-order valence-electron chi connectivity index (χ3n) is 0.817. The van der Waals surface area contributed by atoms with E-state index < -0.39 is 12.0 Å². The highest BCUT2D eigenvalue weighted by atomic mass is 35.5. The molecule has 0 aliphatic heterocycles. The minimum atomic E-state index is -0.905. The van der Waals surface area contributed by atoms with E-state index in [4.69, 9.17) is 17.3 Å². The zero-order valence-electron chi connectivity index (χ0n) is 5.41. The van der Waals surface area contributed by atoms with Crippen LogP contribution in [0.4, 0.5) is 0 Å². The van der Waals surface area contributed by atoms with Crippen LogP contribution in [0.3, 0.4) is 0 Å². The Balaban J connectivity index is 0. The van der Waals surface area contributed by atoms with Gasteiger partial charge in [-0.25, -0.2) is 0 Å². The maximum atomic E-state index is 9.94. The lowest BCUT2D eigenvalue weighted by Gasteiger charge is -2.01. The Morgan fingerprint density at radius 1 is 1.80 bits per heavy atom. The first-order valence-corrected chi connectivity index (χ1v) is 2.57. The van der Waals surface area contributed by atoms with Crippen molar-refractivity contribution >= 4 is 18.4 Å². The van der Waals surface area contributed by atoms with E-state index >= 15 is 0 Å². The number of hydrogen-bond acceptors (Lipinski definition) is 2.